The Morgan fingerprint density at radius 3 is 2.71 bits per heavy atom. The van der Waals surface area contributed by atoms with Crippen molar-refractivity contribution in [2.45, 2.75) is 44.1 Å². The molecule has 0 unspecified atom stereocenters. The molecule has 1 aromatic carbocycles. The fourth-order valence-corrected chi connectivity index (χ4v) is 4.17. The van der Waals surface area contributed by atoms with Crippen LogP contribution in [0.3, 0.4) is 0 Å². The predicted octanol–water partition coefficient (Wildman–Crippen LogP) is 3.38. The molecule has 1 saturated carbocycles. The first-order valence-electron chi connectivity index (χ1n) is 10.0. The second-order valence-corrected chi connectivity index (χ2v) is 7.51. The van der Waals surface area contributed by atoms with Gasteiger partial charge in [0.15, 0.2) is 17.5 Å². The van der Waals surface area contributed by atoms with Gasteiger partial charge in [0.25, 0.3) is 0 Å². The van der Waals surface area contributed by atoms with Gasteiger partial charge in [-0.1, -0.05) is 31.4 Å². The van der Waals surface area contributed by atoms with Crippen LogP contribution in [0.5, 0.6) is 11.5 Å². The van der Waals surface area contributed by atoms with E-state index in [0.29, 0.717) is 13.3 Å². The van der Waals surface area contributed by atoms with E-state index < -0.39 is 0 Å². The lowest BCUT2D eigenvalue weighted by Crippen LogP contribution is -2.46. The molecule has 0 atom stereocenters. The van der Waals surface area contributed by atoms with E-state index in [4.69, 9.17) is 9.47 Å². The first kappa shape index (κ1) is 18.6. The van der Waals surface area contributed by atoms with Crippen LogP contribution in [0, 0.1) is 0 Å². The predicted molar refractivity (Wildman–Crippen MR) is 110 cm³/mol. The van der Waals surface area contributed by atoms with E-state index in [1.54, 1.807) is 0 Å². The summed E-state index contributed by atoms with van der Waals surface area (Å²) >= 11 is 0. The third-order valence-corrected chi connectivity index (χ3v) is 5.78. The van der Waals surface area contributed by atoms with Gasteiger partial charge in [-0.05, 0) is 42.7 Å². The molecule has 1 aliphatic carbocycles. The van der Waals surface area contributed by atoms with E-state index in [0.717, 1.165) is 42.5 Å². The van der Waals surface area contributed by atoms with Gasteiger partial charge in [-0.2, -0.15) is 0 Å². The van der Waals surface area contributed by atoms with Crippen LogP contribution >= 0.6 is 0 Å². The van der Waals surface area contributed by atoms with Crippen LogP contribution in [-0.4, -0.2) is 31.3 Å². The average Bonchev–Trinajstić information content (AvgIpc) is 3.23. The number of hydrogen-bond acceptors (Lipinski definition) is 4. The number of rotatable bonds is 5. The molecule has 2 N–H and O–H groups in total. The summed E-state index contributed by atoms with van der Waals surface area (Å²) in [5.41, 5.74) is 2.40. The summed E-state index contributed by atoms with van der Waals surface area (Å²) in [6.45, 7) is 1.81. The minimum atomic E-state index is 0.0852. The van der Waals surface area contributed by atoms with Gasteiger partial charge in [-0.15, -0.1) is 0 Å². The minimum Gasteiger partial charge on any atom is -0.454 e. The first-order valence-corrected chi connectivity index (χ1v) is 10.0. The van der Waals surface area contributed by atoms with Crippen molar-refractivity contribution in [2.24, 2.45) is 4.99 Å². The van der Waals surface area contributed by atoms with Crippen LogP contribution in [-0.2, 0) is 12.0 Å². The lowest BCUT2D eigenvalue weighted by Gasteiger charge is -2.38. The largest absolute Gasteiger partial charge is 0.454 e. The van der Waals surface area contributed by atoms with E-state index in [1.165, 1.54) is 24.8 Å². The van der Waals surface area contributed by atoms with E-state index in [9.17, 15) is 0 Å². The lowest BCUT2D eigenvalue weighted by atomic mass is 9.69. The molecule has 0 bridgehead atoms. The molecule has 1 aromatic heterocycles. The van der Waals surface area contributed by atoms with E-state index in [1.807, 2.05) is 37.5 Å². The average molecular weight is 380 g/mol. The summed E-state index contributed by atoms with van der Waals surface area (Å²) in [7, 11) is 1.81. The summed E-state index contributed by atoms with van der Waals surface area (Å²) in [4.78, 5) is 8.75. The Balaban J connectivity index is 1.45. The van der Waals surface area contributed by atoms with E-state index in [2.05, 4.69) is 32.7 Å². The standard InChI is InChI=1S/C22H28N4O2/c1-23-21(25-14-18-7-3-6-12-24-18)26-15-22(10-4-2-5-11-22)17-8-9-19-20(13-17)28-16-27-19/h3,6-9,12-13H,2,4-5,10-11,14-16H2,1H3,(H2,23,25,26). The van der Waals surface area contributed by atoms with E-state index >= 15 is 0 Å². The van der Waals surface area contributed by atoms with Crippen LogP contribution < -0.4 is 20.1 Å². The number of ether oxygens (including phenoxy) is 2. The SMILES string of the molecule is CN=C(NCc1ccccn1)NCC1(c2ccc3c(c2)OCO3)CCCCC1. The van der Waals surface area contributed by atoms with Crippen LogP contribution in [0.2, 0.25) is 0 Å². The fourth-order valence-electron chi connectivity index (χ4n) is 4.17. The number of fused-ring (bicyclic) bond motifs is 1. The lowest BCUT2D eigenvalue weighted by molar-refractivity contribution is 0.174. The van der Waals surface area contributed by atoms with Gasteiger partial charge in [0.05, 0.1) is 12.2 Å². The van der Waals surface area contributed by atoms with Crippen molar-refractivity contribution in [1.29, 1.82) is 0 Å². The second kappa shape index (κ2) is 8.50. The highest BCUT2D eigenvalue weighted by molar-refractivity contribution is 5.79. The molecular weight excluding hydrogens is 352 g/mol. The summed E-state index contributed by atoms with van der Waals surface area (Å²) in [5, 5.41) is 6.92. The third kappa shape index (κ3) is 4.06. The van der Waals surface area contributed by atoms with Crippen LogP contribution in [0.4, 0.5) is 0 Å². The molecule has 2 aromatic rings. The minimum absolute atomic E-state index is 0.0852. The van der Waals surface area contributed by atoms with Crippen LogP contribution in [0.25, 0.3) is 0 Å². The zero-order valence-electron chi connectivity index (χ0n) is 16.4. The molecule has 2 heterocycles. The van der Waals surface area contributed by atoms with Gasteiger partial charge in [0, 0.05) is 25.2 Å². The molecule has 6 heteroatoms. The molecule has 2 aliphatic rings. The molecule has 1 fully saturated rings. The zero-order valence-corrected chi connectivity index (χ0v) is 16.4. The maximum Gasteiger partial charge on any atom is 0.231 e. The molecular formula is C22H28N4O2. The maximum absolute atomic E-state index is 5.62. The number of guanidine groups is 1. The number of aliphatic imine (C=N–C) groups is 1. The zero-order chi connectivity index (χ0) is 19.2. The summed E-state index contributed by atoms with van der Waals surface area (Å²) in [5.74, 6) is 2.51. The monoisotopic (exact) mass is 380 g/mol. The Labute approximate surface area is 166 Å². The molecule has 28 heavy (non-hydrogen) atoms. The highest BCUT2D eigenvalue weighted by Crippen LogP contribution is 2.43. The smallest absolute Gasteiger partial charge is 0.231 e. The Bertz CT molecular complexity index is 817. The van der Waals surface area contributed by atoms with Crippen LogP contribution in [0.15, 0.2) is 47.6 Å². The Kier molecular flexibility index (Phi) is 5.65. The fraction of sp³-hybridized carbons (Fsp3) is 0.455. The first-order chi connectivity index (χ1) is 13.8. The topological polar surface area (TPSA) is 67.8 Å². The molecule has 0 saturated heterocycles. The van der Waals surface area contributed by atoms with Gasteiger partial charge in [-0.25, -0.2) is 0 Å². The van der Waals surface area contributed by atoms with Crippen molar-refractivity contribution in [3.63, 3.8) is 0 Å². The number of nitrogens with one attached hydrogen (secondary N) is 2. The van der Waals surface area contributed by atoms with Crippen molar-refractivity contribution in [3.05, 3.63) is 53.9 Å². The number of aromatic nitrogens is 1. The van der Waals surface area contributed by atoms with Crippen molar-refractivity contribution in [2.75, 3.05) is 20.4 Å². The molecule has 148 valence electrons. The van der Waals surface area contributed by atoms with E-state index in [-0.39, 0.29) is 5.41 Å². The Morgan fingerprint density at radius 1 is 1.07 bits per heavy atom. The van der Waals surface area contributed by atoms with Crippen LogP contribution in [0.1, 0.15) is 43.4 Å². The van der Waals surface area contributed by atoms with Gasteiger partial charge in [0.2, 0.25) is 6.79 Å². The van der Waals surface area contributed by atoms with Gasteiger partial charge >= 0.3 is 0 Å². The van der Waals surface area contributed by atoms with Crippen molar-refractivity contribution < 1.29 is 9.47 Å². The number of pyridine rings is 1. The molecule has 0 amide bonds. The summed E-state index contributed by atoms with van der Waals surface area (Å²) in [6, 6.07) is 12.3. The quantitative estimate of drug-likeness (QED) is 0.615. The van der Waals surface area contributed by atoms with Gasteiger partial charge in [-0.3, -0.25) is 9.98 Å². The summed E-state index contributed by atoms with van der Waals surface area (Å²) in [6.07, 6.45) is 7.93. The molecule has 0 spiro atoms. The highest BCUT2D eigenvalue weighted by Gasteiger charge is 2.35. The van der Waals surface area contributed by atoms with Gasteiger partial charge in [0.1, 0.15) is 0 Å². The van der Waals surface area contributed by atoms with Crippen molar-refractivity contribution in [1.82, 2.24) is 15.6 Å². The second-order valence-electron chi connectivity index (χ2n) is 7.51. The van der Waals surface area contributed by atoms with Crippen molar-refractivity contribution >= 4 is 5.96 Å². The normalized spacial score (nSPS) is 18.0. The highest BCUT2D eigenvalue weighted by atomic mass is 16.7. The molecule has 0 radical (unpaired) electrons. The Morgan fingerprint density at radius 2 is 1.93 bits per heavy atom. The summed E-state index contributed by atoms with van der Waals surface area (Å²) < 4.78 is 11.1. The molecule has 1 aliphatic heterocycles. The third-order valence-electron chi connectivity index (χ3n) is 5.78. The maximum atomic E-state index is 5.62. The Hall–Kier alpha value is -2.76. The van der Waals surface area contributed by atoms with Crippen molar-refractivity contribution in [3.8, 4) is 11.5 Å². The molecule has 6 nitrogen and oxygen atoms in total. The number of hydrogen-bond donors (Lipinski definition) is 2. The van der Waals surface area contributed by atoms with Gasteiger partial charge < -0.3 is 20.1 Å². The number of nitrogens with zero attached hydrogens (tertiary/aromatic N) is 2. The molecule has 4 rings (SSSR count). The number of benzene rings is 1.